The molecule has 0 aliphatic rings. The van der Waals surface area contributed by atoms with E-state index in [0.717, 1.165) is 4.70 Å². The molecule has 0 atom stereocenters. The number of aromatic nitrogens is 3. The first-order chi connectivity index (χ1) is 12.6. The number of hydrogen-bond acceptors (Lipinski definition) is 7. The summed E-state index contributed by atoms with van der Waals surface area (Å²) in [5.41, 5.74) is 1.89. The van der Waals surface area contributed by atoms with Crippen LogP contribution in [0.15, 0.2) is 30.6 Å². The Morgan fingerprint density at radius 3 is 2.65 bits per heavy atom. The van der Waals surface area contributed by atoms with Crippen LogP contribution in [0.1, 0.15) is 24.2 Å². The first kappa shape index (κ1) is 17.7. The Kier molecular flexibility index (Phi) is 5.37. The van der Waals surface area contributed by atoms with E-state index in [-0.39, 0.29) is 17.9 Å². The average Bonchev–Trinajstić information content (AvgIpc) is 3.07. The molecule has 0 fully saturated rings. The van der Waals surface area contributed by atoms with Crippen LogP contribution in [0.2, 0.25) is 0 Å². The number of urea groups is 1. The van der Waals surface area contributed by atoms with Crippen molar-refractivity contribution < 1.29 is 14.3 Å². The summed E-state index contributed by atoms with van der Waals surface area (Å²) in [5.74, 6) is -0.168. The third-order valence-corrected chi connectivity index (χ3v) is 4.53. The number of rotatable bonds is 5. The van der Waals surface area contributed by atoms with E-state index in [0.29, 0.717) is 34.8 Å². The molecule has 134 valence electrons. The molecule has 0 saturated carbocycles. The Bertz CT molecular complexity index is 939. The van der Waals surface area contributed by atoms with Crippen molar-refractivity contribution in [3.05, 3.63) is 36.2 Å². The first-order valence-electron chi connectivity index (χ1n) is 8.06. The minimum Gasteiger partial charge on any atom is -0.462 e. The highest BCUT2D eigenvalue weighted by Gasteiger charge is 2.16. The Hall–Kier alpha value is -3.07. The lowest BCUT2D eigenvalue weighted by Crippen LogP contribution is -2.28. The summed E-state index contributed by atoms with van der Waals surface area (Å²) in [4.78, 5) is 36.4. The summed E-state index contributed by atoms with van der Waals surface area (Å²) in [6, 6.07) is 4.97. The largest absolute Gasteiger partial charge is 0.462 e. The van der Waals surface area contributed by atoms with E-state index in [1.54, 1.807) is 31.5 Å². The van der Waals surface area contributed by atoms with E-state index >= 15 is 0 Å². The van der Waals surface area contributed by atoms with E-state index in [4.69, 9.17) is 4.74 Å². The van der Waals surface area contributed by atoms with Crippen LogP contribution in [-0.2, 0) is 4.74 Å². The normalized spacial score (nSPS) is 10.5. The molecule has 0 spiro atoms. The number of esters is 1. The number of fused-ring (bicyclic) bond motifs is 1. The van der Waals surface area contributed by atoms with Crippen molar-refractivity contribution in [2.45, 2.75) is 13.8 Å². The number of nitrogens with zero attached hydrogens (tertiary/aromatic N) is 3. The number of amides is 2. The SMILES string of the molecule is CCNC(=O)Nc1ncc(-c2nc3cccc(C(=O)OCC)c3s2)cn1. The maximum Gasteiger partial charge on any atom is 0.339 e. The van der Waals surface area contributed by atoms with Crippen molar-refractivity contribution in [3.63, 3.8) is 0 Å². The number of thiazole rings is 1. The van der Waals surface area contributed by atoms with Crippen molar-refractivity contribution in [3.8, 4) is 10.6 Å². The predicted molar refractivity (Wildman–Crippen MR) is 99.3 cm³/mol. The first-order valence-corrected chi connectivity index (χ1v) is 8.88. The van der Waals surface area contributed by atoms with Gasteiger partial charge in [0.1, 0.15) is 5.01 Å². The van der Waals surface area contributed by atoms with Crippen LogP contribution in [0.4, 0.5) is 10.7 Å². The molecule has 2 heterocycles. The lowest BCUT2D eigenvalue weighted by molar-refractivity contribution is 0.0529. The smallest absolute Gasteiger partial charge is 0.339 e. The van der Waals surface area contributed by atoms with E-state index in [1.165, 1.54) is 11.3 Å². The molecule has 0 saturated heterocycles. The summed E-state index contributed by atoms with van der Waals surface area (Å²) in [6.45, 7) is 4.41. The van der Waals surface area contributed by atoms with Gasteiger partial charge < -0.3 is 10.1 Å². The van der Waals surface area contributed by atoms with Gasteiger partial charge in [-0.25, -0.2) is 24.5 Å². The number of benzene rings is 1. The number of carbonyl (C=O) groups excluding carboxylic acids is 2. The Balaban J connectivity index is 1.87. The number of ether oxygens (including phenoxy) is 1. The van der Waals surface area contributed by atoms with Crippen LogP contribution in [0.25, 0.3) is 20.8 Å². The second kappa shape index (κ2) is 7.87. The zero-order chi connectivity index (χ0) is 18.5. The minimum absolute atomic E-state index is 0.202. The maximum absolute atomic E-state index is 12.1. The molecule has 2 amide bonds. The van der Waals surface area contributed by atoms with Gasteiger partial charge in [0.25, 0.3) is 0 Å². The number of hydrogen-bond donors (Lipinski definition) is 2. The van der Waals surface area contributed by atoms with E-state index in [9.17, 15) is 9.59 Å². The van der Waals surface area contributed by atoms with Gasteiger partial charge in [-0.2, -0.15) is 0 Å². The molecule has 1 aromatic carbocycles. The number of anilines is 1. The van der Waals surface area contributed by atoms with Crippen molar-refractivity contribution in [1.29, 1.82) is 0 Å². The van der Waals surface area contributed by atoms with Gasteiger partial charge in [-0.15, -0.1) is 11.3 Å². The molecule has 9 heteroatoms. The quantitative estimate of drug-likeness (QED) is 0.668. The molecule has 2 aromatic heterocycles. The lowest BCUT2D eigenvalue weighted by Gasteiger charge is -2.03. The average molecular weight is 371 g/mol. The maximum atomic E-state index is 12.1. The van der Waals surface area contributed by atoms with Gasteiger partial charge in [0.15, 0.2) is 0 Å². The van der Waals surface area contributed by atoms with Crippen molar-refractivity contribution in [2.75, 3.05) is 18.5 Å². The fourth-order valence-electron chi connectivity index (χ4n) is 2.25. The van der Waals surface area contributed by atoms with Crippen LogP contribution in [0, 0.1) is 0 Å². The molecule has 2 N–H and O–H groups in total. The molecule has 0 unspecified atom stereocenters. The van der Waals surface area contributed by atoms with Crippen molar-refractivity contribution in [2.24, 2.45) is 0 Å². The van der Waals surface area contributed by atoms with Gasteiger partial charge in [0.2, 0.25) is 5.95 Å². The summed E-state index contributed by atoms with van der Waals surface area (Å²) in [6.07, 6.45) is 3.16. The second-order valence-electron chi connectivity index (χ2n) is 5.17. The molecule has 0 aliphatic heterocycles. The predicted octanol–water partition coefficient (Wildman–Crippen LogP) is 3.07. The van der Waals surface area contributed by atoms with Crippen molar-refractivity contribution >= 4 is 39.5 Å². The Morgan fingerprint density at radius 2 is 1.96 bits per heavy atom. The third-order valence-electron chi connectivity index (χ3n) is 3.37. The van der Waals surface area contributed by atoms with Crippen LogP contribution < -0.4 is 10.6 Å². The van der Waals surface area contributed by atoms with Crippen LogP contribution >= 0.6 is 11.3 Å². The fourth-order valence-corrected chi connectivity index (χ4v) is 3.29. The molecular formula is C17H17N5O3S. The molecule has 0 bridgehead atoms. The van der Waals surface area contributed by atoms with E-state index in [1.807, 2.05) is 13.0 Å². The van der Waals surface area contributed by atoms with Gasteiger partial charge in [-0.05, 0) is 26.0 Å². The van der Waals surface area contributed by atoms with Crippen molar-refractivity contribution in [1.82, 2.24) is 20.3 Å². The highest BCUT2D eigenvalue weighted by molar-refractivity contribution is 7.22. The van der Waals surface area contributed by atoms with Gasteiger partial charge in [0.05, 0.1) is 22.4 Å². The Morgan fingerprint density at radius 1 is 1.19 bits per heavy atom. The van der Waals surface area contributed by atoms with Gasteiger partial charge >= 0.3 is 12.0 Å². The molecule has 3 aromatic rings. The zero-order valence-corrected chi connectivity index (χ0v) is 15.1. The lowest BCUT2D eigenvalue weighted by atomic mass is 10.2. The molecule has 0 radical (unpaired) electrons. The van der Waals surface area contributed by atoms with E-state index in [2.05, 4.69) is 25.6 Å². The van der Waals surface area contributed by atoms with Gasteiger partial charge in [0, 0.05) is 24.5 Å². The third kappa shape index (κ3) is 3.77. The van der Waals surface area contributed by atoms with Crippen LogP contribution in [0.5, 0.6) is 0 Å². The highest BCUT2D eigenvalue weighted by atomic mass is 32.1. The Labute approximate surface area is 153 Å². The standard InChI is InChI=1S/C17H17N5O3S/c1-3-18-17(24)22-16-19-8-10(9-20-16)14-21-12-7-5-6-11(13(12)26-14)15(23)25-4-2/h5-9H,3-4H2,1-2H3,(H2,18,19,20,22,24). The molecule has 3 rings (SSSR count). The second-order valence-corrected chi connectivity index (χ2v) is 6.17. The summed E-state index contributed by atoms with van der Waals surface area (Å²) in [7, 11) is 0. The van der Waals surface area contributed by atoms with Gasteiger partial charge in [-0.1, -0.05) is 6.07 Å². The zero-order valence-electron chi connectivity index (χ0n) is 14.3. The topological polar surface area (TPSA) is 106 Å². The number of carbonyl (C=O) groups is 2. The molecule has 0 aliphatic carbocycles. The van der Waals surface area contributed by atoms with E-state index < -0.39 is 0 Å². The van der Waals surface area contributed by atoms with Crippen LogP contribution in [-0.4, -0.2) is 40.1 Å². The molecule has 26 heavy (non-hydrogen) atoms. The summed E-state index contributed by atoms with van der Waals surface area (Å²) >= 11 is 1.37. The van der Waals surface area contributed by atoms with Crippen LogP contribution in [0.3, 0.4) is 0 Å². The number of nitrogens with one attached hydrogen (secondary N) is 2. The minimum atomic E-state index is -0.369. The summed E-state index contributed by atoms with van der Waals surface area (Å²) < 4.78 is 5.85. The fraction of sp³-hybridized carbons (Fsp3) is 0.235. The monoisotopic (exact) mass is 371 g/mol. The highest BCUT2D eigenvalue weighted by Crippen LogP contribution is 2.32. The summed E-state index contributed by atoms with van der Waals surface area (Å²) in [5, 5.41) is 5.82. The molecular weight excluding hydrogens is 354 g/mol. The molecule has 8 nitrogen and oxygen atoms in total. The van der Waals surface area contributed by atoms with Gasteiger partial charge in [-0.3, -0.25) is 5.32 Å².